The molecule has 0 unspecified atom stereocenters. The molecule has 0 N–H and O–H groups in total. The zero-order valence-corrected chi connectivity index (χ0v) is 12.9. The Hall–Kier alpha value is -2.46. The molecule has 1 aliphatic heterocycles. The number of benzene rings is 1. The Morgan fingerprint density at radius 2 is 2.04 bits per heavy atom. The van der Waals surface area contributed by atoms with E-state index >= 15 is 0 Å². The highest BCUT2D eigenvalue weighted by molar-refractivity contribution is 7.99. The molecule has 120 valence electrons. The van der Waals surface area contributed by atoms with E-state index in [1.165, 1.54) is 12.3 Å². The number of imidazole rings is 1. The lowest BCUT2D eigenvalue weighted by Gasteiger charge is -2.07. The molecule has 1 atom stereocenters. The third-order valence-electron chi connectivity index (χ3n) is 3.32. The zero-order valence-electron chi connectivity index (χ0n) is 12.0. The molecule has 1 aliphatic rings. The van der Waals surface area contributed by atoms with Crippen molar-refractivity contribution in [2.75, 3.05) is 6.61 Å². The number of rotatable bonds is 6. The number of epoxide rings is 1. The zero-order chi connectivity index (χ0) is 16.6. The quantitative estimate of drug-likeness (QED) is 0.452. The van der Waals surface area contributed by atoms with Crippen LogP contribution in [-0.4, -0.2) is 31.6 Å². The molecule has 3 rings (SSSR count). The first-order valence-electron chi connectivity index (χ1n) is 6.65. The van der Waals surface area contributed by atoms with Gasteiger partial charge in [0, 0.05) is 6.07 Å². The van der Waals surface area contributed by atoms with Crippen LogP contribution in [0.5, 0.6) is 0 Å². The van der Waals surface area contributed by atoms with Crippen molar-refractivity contribution in [3.05, 3.63) is 50.7 Å². The lowest BCUT2D eigenvalue weighted by Crippen LogP contribution is -2.15. The van der Waals surface area contributed by atoms with Crippen LogP contribution in [0.25, 0.3) is 0 Å². The molecule has 1 saturated heterocycles. The number of aromatic nitrogens is 2. The first-order chi connectivity index (χ1) is 10.9. The molecule has 1 aromatic heterocycles. The molecule has 0 saturated carbocycles. The molecular formula is C13H12N4O5S. The van der Waals surface area contributed by atoms with Crippen LogP contribution in [-0.2, 0) is 11.3 Å². The predicted molar refractivity (Wildman–Crippen MR) is 80.5 cm³/mol. The van der Waals surface area contributed by atoms with Gasteiger partial charge in [-0.05, 0) is 34.7 Å². The molecule has 23 heavy (non-hydrogen) atoms. The van der Waals surface area contributed by atoms with Gasteiger partial charge >= 0.3 is 5.82 Å². The van der Waals surface area contributed by atoms with Crippen LogP contribution in [0.2, 0.25) is 0 Å². The van der Waals surface area contributed by atoms with Crippen LogP contribution in [0.3, 0.4) is 0 Å². The van der Waals surface area contributed by atoms with E-state index in [9.17, 15) is 20.2 Å². The smallest absolute Gasteiger partial charge is 0.368 e. The fraction of sp³-hybridized carbons (Fsp3) is 0.308. The topological polar surface area (TPSA) is 117 Å². The summed E-state index contributed by atoms with van der Waals surface area (Å²) in [5, 5.41) is 22.4. The summed E-state index contributed by atoms with van der Waals surface area (Å²) in [5.41, 5.74) is -0.435. The van der Waals surface area contributed by atoms with E-state index in [1.807, 2.05) is 6.92 Å². The molecule has 10 heteroatoms. The monoisotopic (exact) mass is 336 g/mol. The van der Waals surface area contributed by atoms with Gasteiger partial charge in [0.2, 0.25) is 0 Å². The number of nitro groups is 2. The lowest BCUT2D eigenvalue weighted by atomic mass is 10.2. The fourth-order valence-electron chi connectivity index (χ4n) is 2.04. The van der Waals surface area contributed by atoms with Gasteiger partial charge < -0.3 is 14.9 Å². The van der Waals surface area contributed by atoms with Crippen molar-refractivity contribution >= 4 is 23.3 Å². The molecular weight excluding hydrogens is 324 g/mol. The van der Waals surface area contributed by atoms with Crippen molar-refractivity contribution in [2.24, 2.45) is 0 Å². The average Bonchev–Trinajstić information content (AvgIpc) is 3.08. The average molecular weight is 336 g/mol. The normalized spacial score (nSPS) is 19.5. The largest absolute Gasteiger partial charge is 0.382 e. The van der Waals surface area contributed by atoms with Gasteiger partial charge in [-0.2, -0.15) is 0 Å². The Bertz CT molecular complexity index is 786. The molecule has 0 radical (unpaired) electrons. The minimum atomic E-state index is -0.587. The second-order valence-corrected chi connectivity index (χ2v) is 6.34. The highest BCUT2D eigenvalue weighted by Gasteiger charge is 2.41. The van der Waals surface area contributed by atoms with Crippen LogP contribution in [0.15, 0.2) is 40.5 Å². The van der Waals surface area contributed by atoms with Gasteiger partial charge in [0.05, 0.1) is 23.0 Å². The Balaban J connectivity index is 1.95. The first-order valence-corrected chi connectivity index (χ1v) is 7.46. The van der Waals surface area contributed by atoms with E-state index in [-0.39, 0.29) is 17.1 Å². The van der Waals surface area contributed by atoms with Gasteiger partial charge in [-0.25, -0.2) is 0 Å². The molecule has 2 heterocycles. The number of nitro benzene ring substituents is 1. The van der Waals surface area contributed by atoms with Gasteiger partial charge in [0.15, 0.2) is 0 Å². The van der Waals surface area contributed by atoms with Crippen LogP contribution in [0, 0.1) is 20.2 Å². The summed E-state index contributed by atoms with van der Waals surface area (Å²) < 4.78 is 6.90. The number of hydrogen-bond donors (Lipinski definition) is 0. The summed E-state index contributed by atoms with van der Waals surface area (Å²) in [7, 11) is 0. The predicted octanol–water partition coefficient (Wildman–Crippen LogP) is 2.64. The van der Waals surface area contributed by atoms with Crippen molar-refractivity contribution in [1.29, 1.82) is 0 Å². The Morgan fingerprint density at radius 3 is 2.65 bits per heavy atom. The lowest BCUT2D eigenvalue weighted by molar-refractivity contribution is -0.389. The molecule has 1 fully saturated rings. The Morgan fingerprint density at radius 1 is 1.35 bits per heavy atom. The molecule has 0 amide bonds. The number of hydrogen-bond acceptors (Lipinski definition) is 7. The molecule has 0 aliphatic carbocycles. The van der Waals surface area contributed by atoms with Crippen molar-refractivity contribution < 1.29 is 14.6 Å². The van der Waals surface area contributed by atoms with Crippen LogP contribution in [0.1, 0.15) is 6.92 Å². The summed E-state index contributed by atoms with van der Waals surface area (Å²) in [6.45, 7) is 2.85. The van der Waals surface area contributed by atoms with E-state index in [0.717, 1.165) is 11.8 Å². The van der Waals surface area contributed by atoms with E-state index in [2.05, 4.69) is 4.98 Å². The van der Waals surface area contributed by atoms with E-state index < -0.39 is 9.85 Å². The van der Waals surface area contributed by atoms with Gasteiger partial charge in [-0.3, -0.25) is 14.7 Å². The van der Waals surface area contributed by atoms with E-state index in [4.69, 9.17) is 4.74 Å². The molecule has 1 aromatic carbocycles. The molecule has 9 nitrogen and oxygen atoms in total. The van der Waals surface area contributed by atoms with Gasteiger partial charge in [-0.15, -0.1) is 0 Å². The highest BCUT2D eigenvalue weighted by atomic mass is 32.2. The Kier molecular flexibility index (Phi) is 3.78. The number of ether oxygens (including phenoxy) is 1. The standard InChI is InChI=1S/C13H12N4O5S/c1-13(8-22-13)7-15-6-11(17(20)21)14-12(15)23-10-5-3-2-4-9(10)16(18)19/h2-6H,7-8H2,1H3/t13-/m1/s1. The molecule has 2 aromatic rings. The summed E-state index contributed by atoms with van der Waals surface area (Å²) in [5.74, 6) is -0.296. The van der Waals surface area contributed by atoms with Gasteiger partial charge in [-0.1, -0.05) is 12.1 Å². The van der Waals surface area contributed by atoms with Crippen LogP contribution in [0.4, 0.5) is 11.5 Å². The van der Waals surface area contributed by atoms with Gasteiger partial charge in [0.1, 0.15) is 11.8 Å². The van der Waals surface area contributed by atoms with Crippen molar-refractivity contribution in [2.45, 2.75) is 29.1 Å². The number of para-hydroxylation sites is 1. The minimum Gasteiger partial charge on any atom is -0.368 e. The Labute approximate surface area is 134 Å². The maximum Gasteiger partial charge on any atom is 0.382 e. The third-order valence-corrected chi connectivity index (χ3v) is 4.39. The first kappa shape index (κ1) is 15.4. The van der Waals surface area contributed by atoms with Crippen LogP contribution < -0.4 is 0 Å². The van der Waals surface area contributed by atoms with Crippen molar-refractivity contribution in [1.82, 2.24) is 9.55 Å². The highest BCUT2D eigenvalue weighted by Crippen LogP contribution is 2.37. The number of nitrogens with zero attached hydrogens (tertiary/aromatic N) is 4. The molecule has 0 spiro atoms. The second kappa shape index (κ2) is 5.63. The molecule has 0 bridgehead atoms. The maximum absolute atomic E-state index is 11.1. The second-order valence-electron chi connectivity index (χ2n) is 5.33. The summed E-state index contributed by atoms with van der Waals surface area (Å²) >= 11 is 1.03. The van der Waals surface area contributed by atoms with E-state index in [1.54, 1.807) is 22.8 Å². The summed E-state index contributed by atoms with van der Waals surface area (Å²) in [6.07, 6.45) is 1.32. The maximum atomic E-state index is 11.1. The third kappa shape index (κ3) is 3.32. The summed E-state index contributed by atoms with van der Waals surface area (Å²) in [6, 6.07) is 6.21. The minimum absolute atomic E-state index is 0.0661. The van der Waals surface area contributed by atoms with Crippen LogP contribution >= 0.6 is 11.8 Å². The summed E-state index contributed by atoms with van der Waals surface area (Å²) in [4.78, 5) is 25.3. The fourth-order valence-corrected chi connectivity index (χ4v) is 3.00. The van der Waals surface area contributed by atoms with Gasteiger partial charge in [0.25, 0.3) is 10.8 Å². The van der Waals surface area contributed by atoms with Crippen molar-refractivity contribution in [3.8, 4) is 0 Å². The van der Waals surface area contributed by atoms with E-state index in [0.29, 0.717) is 23.2 Å². The van der Waals surface area contributed by atoms with Crippen molar-refractivity contribution in [3.63, 3.8) is 0 Å². The SMILES string of the molecule is C[C@@]1(Cn2cc([N+](=O)[O-])nc2Sc2ccccc2[N+](=O)[O-])CO1.